The van der Waals surface area contributed by atoms with E-state index in [2.05, 4.69) is 26.5 Å². The SMILES string of the molecule is C=C1CC(=S)S/C1=C\C(C)C. The molecule has 60 valence electrons. The normalized spacial score (nSPS) is 22.3. The first-order chi connectivity index (χ1) is 5.09. The van der Waals surface area contributed by atoms with Gasteiger partial charge in [-0.1, -0.05) is 50.5 Å². The molecule has 1 saturated heterocycles. The number of thiocarbonyl (C=S) groups is 1. The molecule has 1 fully saturated rings. The van der Waals surface area contributed by atoms with E-state index in [4.69, 9.17) is 12.2 Å². The van der Waals surface area contributed by atoms with Gasteiger partial charge in [0.15, 0.2) is 0 Å². The Labute approximate surface area is 77.8 Å². The predicted octanol–water partition coefficient (Wildman–Crippen LogP) is 3.55. The Morgan fingerprint density at radius 3 is 2.64 bits per heavy atom. The first-order valence-corrected chi connectivity index (χ1v) is 4.92. The molecule has 0 bridgehead atoms. The molecule has 0 aliphatic carbocycles. The number of rotatable bonds is 1. The highest BCUT2D eigenvalue weighted by molar-refractivity contribution is 8.26. The Morgan fingerprint density at radius 2 is 2.27 bits per heavy atom. The lowest BCUT2D eigenvalue weighted by Gasteiger charge is -1.98. The van der Waals surface area contributed by atoms with E-state index in [1.165, 1.54) is 10.5 Å². The molecule has 0 atom stereocenters. The Kier molecular flexibility index (Phi) is 2.90. The molecule has 1 aliphatic rings. The summed E-state index contributed by atoms with van der Waals surface area (Å²) in [4.78, 5) is 1.28. The molecule has 1 heterocycles. The van der Waals surface area contributed by atoms with Crippen LogP contribution in [0.4, 0.5) is 0 Å². The number of hydrogen-bond acceptors (Lipinski definition) is 2. The zero-order valence-electron chi connectivity index (χ0n) is 6.89. The lowest BCUT2D eigenvalue weighted by atomic mass is 10.1. The number of allylic oxidation sites excluding steroid dienone is 2. The van der Waals surface area contributed by atoms with Crippen LogP contribution in [0.25, 0.3) is 0 Å². The van der Waals surface area contributed by atoms with Crippen LogP contribution in [0.5, 0.6) is 0 Å². The van der Waals surface area contributed by atoms with Crippen LogP contribution in [0.1, 0.15) is 20.3 Å². The highest BCUT2D eigenvalue weighted by atomic mass is 32.2. The van der Waals surface area contributed by atoms with Crippen LogP contribution in [-0.2, 0) is 0 Å². The summed E-state index contributed by atoms with van der Waals surface area (Å²) in [5.74, 6) is 0.593. The first kappa shape index (κ1) is 9.01. The van der Waals surface area contributed by atoms with Crippen LogP contribution < -0.4 is 0 Å². The third-order valence-corrected chi connectivity index (χ3v) is 2.83. The van der Waals surface area contributed by atoms with Gasteiger partial charge in [-0.3, -0.25) is 0 Å². The van der Waals surface area contributed by atoms with Crippen LogP contribution in [0.2, 0.25) is 0 Å². The molecule has 0 nitrogen and oxygen atoms in total. The van der Waals surface area contributed by atoms with Crippen molar-refractivity contribution < 1.29 is 0 Å². The summed E-state index contributed by atoms with van der Waals surface area (Å²) in [5, 5.41) is 0. The summed E-state index contributed by atoms with van der Waals surface area (Å²) in [6, 6.07) is 0. The van der Waals surface area contributed by atoms with Crippen molar-refractivity contribution in [2.45, 2.75) is 20.3 Å². The molecule has 0 unspecified atom stereocenters. The van der Waals surface area contributed by atoms with Gasteiger partial charge in [0, 0.05) is 11.3 Å². The molecule has 1 rings (SSSR count). The molecule has 0 aromatic carbocycles. The van der Waals surface area contributed by atoms with Crippen LogP contribution in [-0.4, -0.2) is 4.20 Å². The van der Waals surface area contributed by atoms with E-state index in [0.717, 1.165) is 10.6 Å². The molecule has 0 N–H and O–H groups in total. The Balaban J connectivity index is 2.75. The van der Waals surface area contributed by atoms with Crippen LogP contribution in [0.3, 0.4) is 0 Å². The fourth-order valence-electron chi connectivity index (χ4n) is 0.947. The zero-order valence-corrected chi connectivity index (χ0v) is 8.52. The lowest BCUT2D eigenvalue weighted by Crippen LogP contribution is -1.81. The van der Waals surface area contributed by atoms with Crippen LogP contribution in [0.15, 0.2) is 23.1 Å². The van der Waals surface area contributed by atoms with Gasteiger partial charge in [0.1, 0.15) is 0 Å². The van der Waals surface area contributed by atoms with Gasteiger partial charge >= 0.3 is 0 Å². The molecule has 0 aromatic heterocycles. The smallest absolute Gasteiger partial charge is 0.0571 e. The fourth-order valence-corrected chi connectivity index (χ4v) is 2.44. The number of thioether (sulfide) groups is 1. The van der Waals surface area contributed by atoms with E-state index in [1.54, 1.807) is 11.8 Å². The van der Waals surface area contributed by atoms with E-state index in [-0.39, 0.29) is 0 Å². The molecular weight excluding hydrogens is 172 g/mol. The molecule has 1 aliphatic heterocycles. The third-order valence-electron chi connectivity index (χ3n) is 1.41. The standard InChI is InChI=1S/C9H12S2/c1-6(2)4-8-7(3)5-9(10)11-8/h4,6H,3,5H2,1-2H3/b8-4-. The highest BCUT2D eigenvalue weighted by Crippen LogP contribution is 2.37. The first-order valence-electron chi connectivity index (χ1n) is 3.70. The molecule has 11 heavy (non-hydrogen) atoms. The van der Waals surface area contributed by atoms with Crippen molar-refractivity contribution >= 4 is 28.2 Å². The van der Waals surface area contributed by atoms with E-state index >= 15 is 0 Å². The quantitative estimate of drug-likeness (QED) is 0.572. The van der Waals surface area contributed by atoms with Gasteiger partial charge in [0.05, 0.1) is 4.20 Å². The maximum Gasteiger partial charge on any atom is 0.0571 e. The average molecular weight is 184 g/mol. The minimum atomic E-state index is 0.593. The predicted molar refractivity (Wildman–Crippen MR) is 56.9 cm³/mol. The topological polar surface area (TPSA) is 0 Å². The van der Waals surface area contributed by atoms with Crippen molar-refractivity contribution in [3.8, 4) is 0 Å². The summed E-state index contributed by atoms with van der Waals surface area (Å²) in [7, 11) is 0. The van der Waals surface area contributed by atoms with E-state index in [1.807, 2.05) is 0 Å². The third kappa shape index (κ3) is 2.46. The van der Waals surface area contributed by atoms with Crippen molar-refractivity contribution in [2.24, 2.45) is 5.92 Å². The largest absolute Gasteiger partial charge is 0.0943 e. The van der Waals surface area contributed by atoms with Crippen molar-refractivity contribution in [1.82, 2.24) is 0 Å². The van der Waals surface area contributed by atoms with Crippen molar-refractivity contribution in [3.05, 3.63) is 23.1 Å². The minimum absolute atomic E-state index is 0.593. The van der Waals surface area contributed by atoms with Gasteiger partial charge in [0.25, 0.3) is 0 Å². The van der Waals surface area contributed by atoms with E-state index in [0.29, 0.717) is 5.92 Å². The maximum absolute atomic E-state index is 5.09. The molecule has 0 aromatic rings. The Morgan fingerprint density at radius 1 is 1.64 bits per heavy atom. The van der Waals surface area contributed by atoms with Gasteiger partial charge in [0.2, 0.25) is 0 Å². The van der Waals surface area contributed by atoms with Gasteiger partial charge in [-0.25, -0.2) is 0 Å². The van der Waals surface area contributed by atoms with Crippen LogP contribution >= 0.6 is 24.0 Å². The molecule has 0 spiro atoms. The van der Waals surface area contributed by atoms with Crippen molar-refractivity contribution in [3.63, 3.8) is 0 Å². The van der Waals surface area contributed by atoms with Gasteiger partial charge in [-0.15, -0.1) is 0 Å². The monoisotopic (exact) mass is 184 g/mol. The van der Waals surface area contributed by atoms with Crippen molar-refractivity contribution in [1.29, 1.82) is 0 Å². The summed E-state index contributed by atoms with van der Waals surface area (Å²) >= 11 is 6.78. The summed E-state index contributed by atoms with van der Waals surface area (Å²) in [5.41, 5.74) is 1.19. The summed E-state index contributed by atoms with van der Waals surface area (Å²) in [6.45, 7) is 8.30. The maximum atomic E-state index is 5.09. The number of hydrogen-bond donors (Lipinski definition) is 0. The molecular formula is C9H12S2. The summed E-state index contributed by atoms with van der Waals surface area (Å²) < 4.78 is 1.06. The second-order valence-corrected chi connectivity index (χ2v) is 4.92. The van der Waals surface area contributed by atoms with E-state index < -0.39 is 0 Å². The highest BCUT2D eigenvalue weighted by Gasteiger charge is 2.16. The minimum Gasteiger partial charge on any atom is -0.0943 e. The fraction of sp³-hybridized carbons (Fsp3) is 0.444. The molecule has 0 radical (unpaired) electrons. The Hall–Kier alpha value is -0.0800. The zero-order chi connectivity index (χ0) is 8.43. The lowest BCUT2D eigenvalue weighted by molar-refractivity contribution is 0.829. The van der Waals surface area contributed by atoms with E-state index in [9.17, 15) is 0 Å². The summed E-state index contributed by atoms with van der Waals surface area (Å²) in [6.07, 6.45) is 3.13. The van der Waals surface area contributed by atoms with Gasteiger partial charge in [-0.2, -0.15) is 0 Å². The second-order valence-electron chi connectivity index (χ2n) is 3.03. The molecule has 0 amide bonds. The van der Waals surface area contributed by atoms with Gasteiger partial charge < -0.3 is 0 Å². The molecule has 0 saturated carbocycles. The Bertz CT molecular complexity index is 224. The van der Waals surface area contributed by atoms with Gasteiger partial charge in [-0.05, 0) is 11.5 Å². The second kappa shape index (κ2) is 3.55. The molecule has 2 heteroatoms. The van der Waals surface area contributed by atoms with Crippen LogP contribution in [0, 0.1) is 5.92 Å². The average Bonchev–Trinajstić information content (AvgIpc) is 2.09. The van der Waals surface area contributed by atoms with Crippen molar-refractivity contribution in [2.75, 3.05) is 0 Å².